The molecular weight excluding hydrogens is 1020 g/mol. The zero-order chi connectivity index (χ0) is 58.2. The summed E-state index contributed by atoms with van der Waals surface area (Å²) in [4.78, 5) is 137. The van der Waals surface area contributed by atoms with Crippen LogP contribution >= 0.6 is 0 Å². The molecule has 20 N–H and O–H groups in total. The predicted molar refractivity (Wildman–Crippen MR) is 280 cm³/mol. The van der Waals surface area contributed by atoms with Crippen LogP contribution < -0.4 is 60.2 Å². The molecule has 8 amide bonds. The summed E-state index contributed by atoms with van der Waals surface area (Å²) >= 11 is 0. The van der Waals surface area contributed by atoms with E-state index in [2.05, 4.69) is 42.2 Å². The molecule has 0 aliphatic heterocycles. The van der Waals surface area contributed by atoms with Gasteiger partial charge in [0.05, 0.1) is 18.6 Å². The second-order valence-electron chi connectivity index (χ2n) is 18.7. The van der Waals surface area contributed by atoms with Crippen LogP contribution in [-0.4, -0.2) is 152 Å². The number of hydrogen-bond acceptors (Lipinski definition) is 15. The van der Waals surface area contributed by atoms with Crippen molar-refractivity contribution in [3.8, 4) is 11.5 Å². The van der Waals surface area contributed by atoms with E-state index in [1.807, 2.05) is 0 Å². The number of primary amides is 1. The van der Waals surface area contributed by atoms with E-state index in [1.165, 1.54) is 62.4 Å². The number of benzene rings is 3. The minimum atomic E-state index is -1.86. The van der Waals surface area contributed by atoms with Gasteiger partial charge in [-0.1, -0.05) is 68.4 Å². The summed E-state index contributed by atoms with van der Waals surface area (Å²) < 4.78 is 0. The third kappa shape index (κ3) is 22.2. The number of aliphatic hydroxyl groups is 1. The third-order valence-electron chi connectivity index (χ3n) is 11.9. The Bertz CT molecular complexity index is 2580. The van der Waals surface area contributed by atoms with Crippen molar-refractivity contribution < 1.29 is 73.5 Å². The molecule has 9 atom stereocenters. The molecule has 0 saturated heterocycles. The van der Waals surface area contributed by atoms with Crippen molar-refractivity contribution in [1.29, 1.82) is 0 Å². The fourth-order valence-electron chi connectivity index (χ4n) is 7.58. The van der Waals surface area contributed by atoms with Gasteiger partial charge in [0.2, 0.25) is 47.3 Å². The largest absolute Gasteiger partial charge is 0.508 e. The van der Waals surface area contributed by atoms with Crippen LogP contribution in [-0.2, 0) is 67.2 Å². The standard InChI is InChI=1S/C51H70N12O15/c1-26(2)41(48(75)61-36(22-28-8-5-4-6-9-28)45(72)60-38(25-40(68)69)46(73)57-34(50(77)78)10-7-21-56-51(54)55)62-49(76)42(27(3)64)63-47(74)37(24-30-13-17-32(66)18-14-30)59-44(71)35(23-29-11-15-31(65)16-12-29)58-43(70)33(52)19-20-39(53)67/h4-6,8-9,11-18,26-27,33-38,41-42,64-66H,7,10,19-25,52H2,1-3H3,(H2,53,67)(H,57,73)(H,58,70)(H,59,71)(H,60,72)(H,61,75)(H,62,76)(H,63,74)(H,68,69)(H,77,78)(H4,54,55,56)/t27-,33+,34+,35+,36+,37+,38+,41+,42+/m1/s1. The number of carbonyl (C=O) groups is 10. The van der Waals surface area contributed by atoms with Crippen LogP contribution in [0.2, 0.25) is 0 Å². The van der Waals surface area contributed by atoms with Crippen molar-refractivity contribution in [2.75, 3.05) is 6.54 Å². The number of aromatic hydroxyl groups is 2. The number of nitrogens with one attached hydrogen (secondary N) is 7. The molecule has 3 aromatic rings. The lowest BCUT2D eigenvalue weighted by atomic mass is 9.99. The zero-order valence-corrected chi connectivity index (χ0v) is 43.2. The van der Waals surface area contributed by atoms with Gasteiger partial charge in [-0.3, -0.25) is 48.1 Å². The number of carboxylic acids is 2. The average molecular weight is 1090 g/mol. The van der Waals surface area contributed by atoms with Gasteiger partial charge >= 0.3 is 11.9 Å². The van der Waals surface area contributed by atoms with Crippen LogP contribution in [0, 0.1) is 5.92 Å². The number of phenols is 2. The number of nitrogens with two attached hydrogens (primary N) is 4. The number of aliphatic imine (C=N–C) groups is 1. The number of amides is 8. The number of carboxylic acid groups (broad SMARTS) is 2. The van der Waals surface area contributed by atoms with E-state index in [0.29, 0.717) is 16.7 Å². The summed E-state index contributed by atoms with van der Waals surface area (Å²) in [6, 6.07) is 6.72. The molecule has 0 aromatic heterocycles. The first-order valence-electron chi connectivity index (χ1n) is 24.7. The Balaban J connectivity index is 1.92. The Morgan fingerprint density at radius 1 is 0.513 bits per heavy atom. The van der Waals surface area contributed by atoms with Gasteiger partial charge in [-0.25, -0.2) is 4.79 Å². The predicted octanol–water partition coefficient (Wildman–Crippen LogP) is -3.24. The molecule has 0 saturated carbocycles. The summed E-state index contributed by atoms with van der Waals surface area (Å²) in [5.74, 6) is -12.1. The van der Waals surface area contributed by atoms with Crippen LogP contribution in [0.3, 0.4) is 0 Å². The number of carbonyl (C=O) groups excluding carboxylic acids is 8. The molecule has 0 fully saturated rings. The van der Waals surface area contributed by atoms with Crippen LogP contribution in [0.25, 0.3) is 0 Å². The molecule has 0 bridgehead atoms. The van der Waals surface area contributed by atoms with Gasteiger partial charge in [-0.15, -0.1) is 0 Å². The van der Waals surface area contributed by atoms with E-state index >= 15 is 0 Å². The molecule has 0 heterocycles. The second-order valence-corrected chi connectivity index (χ2v) is 18.7. The highest BCUT2D eigenvalue weighted by molar-refractivity contribution is 5.98. The topological polar surface area (TPSA) is 472 Å². The van der Waals surface area contributed by atoms with Crippen molar-refractivity contribution in [2.45, 2.75) is 127 Å². The molecule has 0 spiro atoms. The van der Waals surface area contributed by atoms with Crippen LogP contribution in [0.15, 0.2) is 83.9 Å². The Labute approximate surface area is 448 Å². The summed E-state index contributed by atoms with van der Waals surface area (Å²) in [5.41, 5.74) is 23.2. The van der Waals surface area contributed by atoms with Gasteiger partial charge in [0.1, 0.15) is 53.8 Å². The fraction of sp³-hybridized carbons (Fsp3) is 0.431. The number of rotatable bonds is 32. The Kier molecular flexibility index (Phi) is 25.4. The lowest BCUT2D eigenvalue weighted by Crippen LogP contribution is -2.63. The second kappa shape index (κ2) is 31.3. The van der Waals surface area contributed by atoms with Gasteiger partial charge in [0.25, 0.3) is 0 Å². The van der Waals surface area contributed by atoms with Gasteiger partial charge < -0.3 is 85.7 Å². The van der Waals surface area contributed by atoms with Gasteiger partial charge in [-0.05, 0) is 73.1 Å². The van der Waals surface area contributed by atoms with E-state index in [-0.39, 0.29) is 68.9 Å². The Morgan fingerprint density at radius 2 is 0.923 bits per heavy atom. The Hall–Kier alpha value is -8.85. The summed E-state index contributed by atoms with van der Waals surface area (Å²) in [6.45, 7) is 4.22. The minimum absolute atomic E-state index is 0.0150. The van der Waals surface area contributed by atoms with Gasteiger partial charge in [0.15, 0.2) is 5.96 Å². The number of nitrogens with zero attached hydrogens (tertiary/aromatic N) is 1. The molecule has 3 rings (SSSR count). The van der Waals surface area contributed by atoms with E-state index in [0.717, 1.165) is 6.92 Å². The fourth-order valence-corrected chi connectivity index (χ4v) is 7.58. The number of aliphatic carboxylic acids is 2. The minimum Gasteiger partial charge on any atom is -0.508 e. The van der Waals surface area contributed by atoms with E-state index < -0.39 is 126 Å². The van der Waals surface area contributed by atoms with Crippen molar-refractivity contribution >= 4 is 65.2 Å². The summed E-state index contributed by atoms with van der Waals surface area (Å²) in [7, 11) is 0. The van der Waals surface area contributed by atoms with E-state index in [1.54, 1.807) is 30.3 Å². The molecule has 0 unspecified atom stereocenters. The highest BCUT2D eigenvalue weighted by Crippen LogP contribution is 2.16. The van der Waals surface area contributed by atoms with E-state index in [9.17, 15) is 73.5 Å². The quantitative estimate of drug-likeness (QED) is 0.0166. The highest BCUT2D eigenvalue weighted by Gasteiger charge is 2.37. The number of hydrogen-bond donors (Lipinski definition) is 16. The first-order chi connectivity index (χ1) is 36.7. The highest BCUT2D eigenvalue weighted by atomic mass is 16.4. The maximum absolute atomic E-state index is 14.3. The monoisotopic (exact) mass is 1090 g/mol. The molecule has 3 aromatic carbocycles. The van der Waals surface area contributed by atoms with Gasteiger partial charge in [0, 0.05) is 32.2 Å². The first-order valence-corrected chi connectivity index (χ1v) is 24.7. The molecule has 27 heteroatoms. The maximum atomic E-state index is 14.3. The molecule has 27 nitrogen and oxygen atoms in total. The third-order valence-corrected chi connectivity index (χ3v) is 11.9. The SMILES string of the molecule is CC(C)[C@H](NC(=O)[C@@H](NC(=O)[C@H](Cc1ccc(O)cc1)NC(=O)[C@H](Cc1ccc(O)cc1)NC(=O)[C@@H](N)CCC(N)=O)[C@@H](C)O)C(=O)N[C@@H](Cc1ccccc1)C(=O)N[C@@H](CC(=O)O)C(=O)N[C@@H](CCCN=C(N)N)C(=O)O. The number of phenolic OH excluding ortho intramolecular Hbond substituents is 2. The first kappa shape index (κ1) is 63.4. The van der Waals surface area contributed by atoms with Crippen molar-refractivity contribution in [3.05, 3.63) is 95.6 Å². The lowest BCUT2D eigenvalue weighted by Gasteiger charge is -2.30. The van der Waals surface area contributed by atoms with Crippen LogP contribution in [0.5, 0.6) is 11.5 Å². The van der Waals surface area contributed by atoms with Crippen molar-refractivity contribution in [2.24, 2.45) is 33.8 Å². The molecule has 0 aliphatic carbocycles. The van der Waals surface area contributed by atoms with Gasteiger partial charge in [-0.2, -0.15) is 0 Å². The molecule has 424 valence electrons. The van der Waals surface area contributed by atoms with Crippen LogP contribution in [0.4, 0.5) is 0 Å². The summed E-state index contributed by atoms with van der Waals surface area (Å²) in [6.07, 6.45) is -3.91. The number of guanidine groups is 1. The number of aliphatic hydroxyl groups excluding tert-OH is 1. The molecule has 0 radical (unpaired) electrons. The average Bonchev–Trinajstić information content (AvgIpc) is 3.37. The Morgan fingerprint density at radius 3 is 1.37 bits per heavy atom. The zero-order valence-electron chi connectivity index (χ0n) is 43.2. The van der Waals surface area contributed by atoms with Crippen molar-refractivity contribution in [1.82, 2.24) is 37.2 Å². The smallest absolute Gasteiger partial charge is 0.326 e. The maximum Gasteiger partial charge on any atom is 0.326 e. The molecule has 78 heavy (non-hydrogen) atoms. The lowest BCUT2D eigenvalue weighted by molar-refractivity contribution is -0.144. The van der Waals surface area contributed by atoms with E-state index in [4.69, 9.17) is 22.9 Å². The van der Waals surface area contributed by atoms with Crippen LogP contribution in [0.1, 0.15) is 69.6 Å². The molecular formula is C51H70N12O15. The normalized spacial score (nSPS) is 14.4. The molecule has 0 aliphatic rings. The summed E-state index contributed by atoms with van der Waals surface area (Å²) in [5, 5.41) is 67.3. The van der Waals surface area contributed by atoms with Crippen molar-refractivity contribution in [3.63, 3.8) is 0 Å².